The summed E-state index contributed by atoms with van der Waals surface area (Å²) in [6.45, 7) is 2.19. The Bertz CT molecular complexity index is 341. The summed E-state index contributed by atoms with van der Waals surface area (Å²) in [7, 11) is 2.60. The van der Waals surface area contributed by atoms with Gasteiger partial charge in [-0.15, -0.1) is 0 Å². The highest BCUT2D eigenvalue weighted by Gasteiger charge is 2.63. The molecule has 0 N–H and O–H groups in total. The van der Waals surface area contributed by atoms with Gasteiger partial charge in [0, 0.05) is 6.42 Å². The van der Waals surface area contributed by atoms with Crippen molar-refractivity contribution in [2.24, 2.45) is 5.41 Å². The minimum atomic E-state index is -1.13. The zero-order valence-corrected chi connectivity index (χ0v) is 12.2. The second-order valence-electron chi connectivity index (χ2n) is 5.00. The van der Waals surface area contributed by atoms with Gasteiger partial charge in [-0.3, -0.25) is 9.59 Å². The highest BCUT2D eigenvalue weighted by molar-refractivity contribution is 6.08. The van der Waals surface area contributed by atoms with Crippen molar-refractivity contribution in [2.45, 2.75) is 51.9 Å². The topological polar surface area (TPSA) is 52.6 Å². The number of unbranched alkanes of at least 4 members (excludes halogenated alkanes) is 5. The second kappa shape index (κ2) is 7.31. The molecule has 1 aliphatic rings. The van der Waals surface area contributed by atoms with Crippen molar-refractivity contribution in [3.8, 4) is 0 Å². The molecule has 1 fully saturated rings. The minimum Gasteiger partial charge on any atom is -0.468 e. The van der Waals surface area contributed by atoms with Crippen LogP contribution in [-0.2, 0) is 19.1 Å². The highest BCUT2D eigenvalue weighted by Crippen LogP contribution is 2.54. The first-order valence-corrected chi connectivity index (χ1v) is 6.99. The van der Waals surface area contributed by atoms with Gasteiger partial charge in [0.05, 0.1) is 14.2 Å². The fourth-order valence-electron chi connectivity index (χ4n) is 2.35. The standard InChI is InChI=1S/C15H24O4/c1-4-5-6-7-8-9-10-12-11-15(12,13(16)18-2)14(17)19-3/h10H,4-9,11H2,1-3H3. The van der Waals surface area contributed by atoms with Crippen molar-refractivity contribution in [1.82, 2.24) is 0 Å². The van der Waals surface area contributed by atoms with Crippen LogP contribution < -0.4 is 0 Å². The van der Waals surface area contributed by atoms with Gasteiger partial charge in [-0.2, -0.15) is 0 Å². The predicted molar refractivity (Wildman–Crippen MR) is 72.5 cm³/mol. The van der Waals surface area contributed by atoms with E-state index in [1.807, 2.05) is 6.08 Å². The van der Waals surface area contributed by atoms with E-state index in [1.165, 1.54) is 39.9 Å². The van der Waals surface area contributed by atoms with E-state index in [2.05, 4.69) is 6.92 Å². The van der Waals surface area contributed by atoms with E-state index in [9.17, 15) is 9.59 Å². The van der Waals surface area contributed by atoms with Gasteiger partial charge in [-0.1, -0.05) is 38.7 Å². The Labute approximate surface area is 115 Å². The van der Waals surface area contributed by atoms with Crippen molar-refractivity contribution in [3.63, 3.8) is 0 Å². The van der Waals surface area contributed by atoms with Crippen LogP contribution in [0.4, 0.5) is 0 Å². The maximum atomic E-state index is 11.7. The third-order valence-corrected chi connectivity index (χ3v) is 3.64. The molecule has 0 aromatic rings. The van der Waals surface area contributed by atoms with Gasteiger partial charge < -0.3 is 9.47 Å². The number of hydrogen-bond donors (Lipinski definition) is 0. The Balaban J connectivity index is 2.47. The van der Waals surface area contributed by atoms with Crippen molar-refractivity contribution in [3.05, 3.63) is 11.6 Å². The van der Waals surface area contributed by atoms with Crippen molar-refractivity contribution in [2.75, 3.05) is 14.2 Å². The van der Waals surface area contributed by atoms with Crippen molar-refractivity contribution >= 4 is 11.9 Å². The van der Waals surface area contributed by atoms with Crippen LogP contribution in [0.5, 0.6) is 0 Å². The maximum Gasteiger partial charge on any atom is 0.327 e. The molecule has 4 nitrogen and oxygen atoms in total. The largest absolute Gasteiger partial charge is 0.468 e. The molecule has 0 saturated heterocycles. The lowest BCUT2D eigenvalue weighted by molar-refractivity contribution is -0.160. The zero-order valence-electron chi connectivity index (χ0n) is 12.2. The average molecular weight is 268 g/mol. The van der Waals surface area contributed by atoms with Crippen LogP contribution in [-0.4, -0.2) is 26.2 Å². The summed E-state index contributed by atoms with van der Waals surface area (Å²) in [5.41, 5.74) is -0.283. The Kier molecular flexibility index (Phi) is 6.06. The minimum absolute atomic E-state index is 0.446. The van der Waals surface area contributed by atoms with Crippen LogP contribution in [0.3, 0.4) is 0 Å². The molecule has 0 unspecified atom stereocenters. The number of allylic oxidation sites excluding steroid dienone is 1. The molecule has 1 saturated carbocycles. The average Bonchev–Trinajstić information content (AvgIpc) is 3.16. The molecule has 0 bridgehead atoms. The van der Waals surface area contributed by atoms with Gasteiger partial charge in [-0.25, -0.2) is 0 Å². The summed E-state index contributed by atoms with van der Waals surface area (Å²) in [6, 6.07) is 0. The molecule has 108 valence electrons. The lowest BCUT2D eigenvalue weighted by atomic mass is 10.1. The molecule has 1 rings (SSSR count). The van der Waals surface area contributed by atoms with Gasteiger partial charge in [0.15, 0.2) is 5.41 Å². The molecular formula is C15H24O4. The number of esters is 2. The van der Waals surface area contributed by atoms with E-state index in [1.54, 1.807) is 0 Å². The number of methoxy groups -OCH3 is 2. The first-order chi connectivity index (χ1) is 9.13. The smallest absolute Gasteiger partial charge is 0.327 e. The Morgan fingerprint density at radius 3 is 2.21 bits per heavy atom. The van der Waals surface area contributed by atoms with E-state index in [0.29, 0.717) is 6.42 Å². The molecular weight excluding hydrogens is 244 g/mol. The number of carbonyl (C=O) groups is 2. The third kappa shape index (κ3) is 3.58. The lowest BCUT2D eigenvalue weighted by Gasteiger charge is -2.09. The van der Waals surface area contributed by atoms with E-state index in [4.69, 9.17) is 9.47 Å². The Morgan fingerprint density at radius 2 is 1.68 bits per heavy atom. The molecule has 0 aliphatic heterocycles. The summed E-state index contributed by atoms with van der Waals surface area (Å²) < 4.78 is 9.42. The summed E-state index contributed by atoms with van der Waals surface area (Å²) >= 11 is 0. The molecule has 0 aromatic carbocycles. The van der Waals surface area contributed by atoms with Crippen LogP contribution in [0, 0.1) is 5.41 Å². The summed E-state index contributed by atoms with van der Waals surface area (Å²) in [6.07, 6.45) is 9.40. The summed E-state index contributed by atoms with van der Waals surface area (Å²) in [4.78, 5) is 23.4. The SMILES string of the molecule is CCCCCCCC=C1CC1(C(=O)OC)C(=O)OC. The Hall–Kier alpha value is -1.32. The van der Waals surface area contributed by atoms with E-state index in [-0.39, 0.29) is 0 Å². The van der Waals surface area contributed by atoms with Gasteiger partial charge in [0.2, 0.25) is 0 Å². The maximum absolute atomic E-state index is 11.7. The van der Waals surface area contributed by atoms with Crippen LogP contribution >= 0.6 is 0 Å². The zero-order chi connectivity index (χ0) is 14.3. The number of hydrogen-bond acceptors (Lipinski definition) is 4. The van der Waals surface area contributed by atoms with Crippen LogP contribution in [0.15, 0.2) is 11.6 Å². The van der Waals surface area contributed by atoms with Gasteiger partial charge in [-0.05, 0) is 18.4 Å². The van der Waals surface area contributed by atoms with Gasteiger partial charge in [0.1, 0.15) is 0 Å². The lowest BCUT2D eigenvalue weighted by Crippen LogP contribution is -2.28. The van der Waals surface area contributed by atoms with E-state index >= 15 is 0 Å². The van der Waals surface area contributed by atoms with Gasteiger partial charge >= 0.3 is 11.9 Å². The van der Waals surface area contributed by atoms with E-state index in [0.717, 1.165) is 18.4 Å². The normalized spacial score (nSPS) is 18.2. The number of carbonyl (C=O) groups excluding carboxylic acids is 2. The van der Waals surface area contributed by atoms with Crippen LogP contribution in [0.25, 0.3) is 0 Å². The Morgan fingerprint density at radius 1 is 1.11 bits per heavy atom. The van der Waals surface area contributed by atoms with Gasteiger partial charge in [0.25, 0.3) is 0 Å². The van der Waals surface area contributed by atoms with Crippen molar-refractivity contribution < 1.29 is 19.1 Å². The van der Waals surface area contributed by atoms with Crippen LogP contribution in [0.1, 0.15) is 51.9 Å². The highest BCUT2D eigenvalue weighted by atomic mass is 16.5. The molecule has 19 heavy (non-hydrogen) atoms. The first kappa shape index (κ1) is 15.7. The predicted octanol–water partition coefficient (Wildman–Crippen LogP) is 3.01. The van der Waals surface area contributed by atoms with Crippen LogP contribution in [0.2, 0.25) is 0 Å². The number of rotatable bonds is 8. The third-order valence-electron chi connectivity index (χ3n) is 3.64. The fourth-order valence-corrected chi connectivity index (χ4v) is 2.35. The molecule has 0 heterocycles. The molecule has 4 heteroatoms. The molecule has 0 radical (unpaired) electrons. The first-order valence-electron chi connectivity index (χ1n) is 6.99. The second-order valence-corrected chi connectivity index (χ2v) is 5.00. The molecule has 0 aromatic heterocycles. The summed E-state index contributed by atoms with van der Waals surface area (Å²) in [5.74, 6) is -1.01. The monoisotopic (exact) mass is 268 g/mol. The summed E-state index contributed by atoms with van der Waals surface area (Å²) in [5, 5.41) is 0. The molecule has 1 aliphatic carbocycles. The molecule has 0 spiro atoms. The molecule has 0 atom stereocenters. The fraction of sp³-hybridized carbons (Fsp3) is 0.733. The van der Waals surface area contributed by atoms with Crippen molar-refractivity contribution in [1.29, 1.82) is 0 Å². The molecule has 0 amide bonds. The van der Waals surface area contributed by atoms with E-state index < -0.39 is 17.4 Å². The number of ether oxygens (including phenoxy) is 2. The quantitative estimate of drug-likeness (QED) is 0.294.